The van der Waals surface area contributed by atoms with Crippen LogP contribution in [-0.2, 0) is 16.6 Å². The number of hydrogen-bond acceptors (Lipinski definition) is 2. The largest absolute Gasteiger partial charge is 0.243 e. The maximum atomic E-state index is 12.6. The first-order chi connectivity index (χ1) is 9.80. The Morgan fingerprint density at radius 2 is 1.67 bits per heavy atom. The molecular formula is C16H18ClNO2S. The van der Waals surface area contributed by atoms with E-state index in [1.807, 2.05) is 38.1 Å². The molecule has 0 spiro atoms. The first-order valence-corrected chi connectivity index (χ1v) is 8.40. The van der Waals surface area contributed by atoms with E-state index in [4.69, 9.17) is 11.6 Å². The Labute approximate surface area is 131 Å². The van der Waals surface area contributed by atoms with E-state index in [0.717, 1.165) is 16.7 Å². The third kappa shape index (κ3) is 3.64. The molecule has 0 bridgehead atoms. The monoisotopic (exact) mass is 323 g/mol. The second-order valence-corrected chi connectivity index (χ2v) is 7.61. The van der Waals surface area contributed by atoms with E-state index < -0.39 is 10.0 Å². The maximum Gasteiger partial charge on any atom is 0.243 e. The first-order valence-electron chi connectivity index (χ1n) is 6.59. The second-order valence-electron chi connectivity index (χ2n) is 5.16. The minimum atomic E-state index is -3.49. The predicted octanol–water partition coefficient (Wildman–Crippen LogP) is 3.78. The molecule has 3 nitrogen and oxygen atoms in total. The molecule has 0 radical (unpaired) electrons. The summed E-state index contributed by atoms with van der Waals surface area (Å²) < 4.78 is 26.6. The molecule has 21 heavy (non-hydrogen) atoms. The van der Waals surface area contributed by atoms with Gasteiger partial charge in [0.05, 0.1) is 4.90 Å². The van der Waals surface area contributed by atoms with Gasteiger partial charge in [-0.05, 0) is 43.2 Å². The van der Waals surface area contributed by atoms with Gasteiger partial charge in [0.25, 0.3) is 0 Å². The average molecular weight is 324 g/mol. The number of benzene rings is 2. The summed E-state index contributed by atoms with van der Waals surface area (Å²) in [5.74, 6) is 0. The van der Waals surface area contributed by atoms with Crippen LogP contribution in [0.5, 0.6) is 0 Å². The van der Waals surface area contributed by atoms with Crippen LogP contribution in [0, 0.1) is 13.8 Å². The van der Waals surface area contributed by atoms with Crippen molar-refractivity contribution in [2.45, 2.75) is 25.3 Å². The summed E-state index contributed by atoms with van der Waals surface area (Å²) in [7, 11) is -1.91. The normalized spacial score (nSPS) is 11.9. The number of nitrogens with zero attached hydrogens (tertiary/aromatic N) is 1. The molecule has 0 unspecified atom stereocenters. The van der Waals surface area contributed by atoms with Gasteiger partial charge in [-0.15, -0.1) is 0 Å². The zero-order valence-electron chi connectivity index (χ0n) is 12.3. The van der Waals surface area contributed by atoms with E-state index in [9.17, 15) is 8.42 Å². The van der Waals surface area contributed by atoms with Crippen molar-refractivity contribution in [3.8, 4) is 0 Å². The molecule has 2 aromatic carbocycles. The van der Waals surface area contributed by atoms with Crippen molar-refractivity contribution < 1.29 is 8.42 Å². The summed E-state index contributed by atoms with van der Waals surface area (Å²) >= 11 is 5.84. The molecule has 0 saturated heterocycles. The lowest BCUT2D eigenvalue weighted by molar-refractivity contribution is 0.466. The number of aryl methyl sites for hydroxylation is 2. The van der Waals surface area contributed by atoms with E-state index in [-0.39, 0.29) is 0 Å². The zero-order chi connectivity index (χ0) is 15.6. The van der Waals surface area contributed by atoms with Gasteiger partial charge in [-0.2, -0.15) is 4.31 Å². The molecule has 2 rings (SSSR count). The summed E-state index contributed by atoms with van der Waals surface area (Å²) in [6.45, 7) is 4.07. The van der Waals surface area contributed by atoms with Crippen molar-refractivity contribution in [2.24, 2.45) is 0 Å². The minimum absolute atomic E-state index is 0.312. The minimum Gasteiger partial charge on any atom is -0.207 e. The van der Waals surface area contributed by atoms with Crippen LogP contribution >= 0.6 is 11.6 Å². The molecule has 0 saturated carbocycles. The quantitative estimate of drug-likeness (QED) is 0.858. The molecule has 0 amide bonds. The smallest absolute Gasteiger partial charge is 0.207 e. The zero-order valence-corrected chi connectivity index (χ0v) is 13.9. The van der Waals surface area contributed by atoms with Crippen molar-refractivity contribution in [1.82, 2.24) is 4.31 Å². The number of hydrogen-bond donors (Lipinski definition) is 0. The molecule has 0 fully saturated rings. The van der Waals surface area contributed by atoms with Crippen LogP contribution in [0.4, 0.5) is 0 Å². The molecule has 0 atom stereocenters. The van der Waals surface area contributed by atoms with Crippen LogP contribution in [0.2, 0.25) is 5.02 Å². The molecular weight excluding hydrogens is 306 g/mol. The Kier molecular flexibility index (Phi) is 4.71. The lowest BCUT2D eigenvalue weighted by Gasteiger charge is -2.19. The highest BCUT2D eigenvalue weighted by atomic mass is 35.5. The average Bonchev–Trinajstić information content (AvgIpc) is 2.40. The highest BCUT2D eigenvalue weighted by molar-refractivity contribution is 7.89. The van der Waals surface area contributed by atoms with Gasteiger partial charge in [0, 0.05) is 18.6 Å². The van der Waals surface area contributed by atoms with Crippen molar-refractivity contribution in [3.05, 3.63) is 64.2 Å². The molecule has 0 aliphatic rings. The van der Waals surface area contributed by atoms with E-state index >= 15 is 0 Å². The summed E-state index contributed by atoms with van der Waals surface area (Å²) in [6, 6.07) is 12.5. The molecule has 5 heteroatoms. The number of rotatable bonds is 4. The Morgan fingerprint density at radius 3 is 2.24 bits per heavy atom. The van der Waals surface area contributed by atoms with E-state index in [1.54, 1.807) is 25.2 Å². The fraction of sp³-hybridized carbons (Fsp3) is 0.250. The van der Waals surface area contributed by atoms with Crippen LogP contribution in [0.15, 0.2) is 47.4 Å². The van der Waals surface area contributed by atoms with Crippen LogP contribution in [-0.4, -0.2) is 19.8 Å². The summed E-state index contributed by atoms with van der Waals surface area (Å²) in [5.41, 5.74) is 2.71. The predicted molar refractivity (Wildman–Crippen MR) is 86.0 cm³/mol. The Morgan fingerprint density at radius 1 is 1.05 bits per heavy atom. The molecule has 0 aliphatic carbocycles. The Bertz CT molecular complexity index is 739. The van der Waals surface area contributed by atoms with Gasteiger partial charge in [-0.25, -0.2) is 8.42 Å². The molecule has 0 aromatic heterocycles. The van der Waals surface area contributed by atoms with Gasteiger partial charge in [-0.1, -0.05) is 41.4 Å². The third-order valence-corrected chi connectivity index (χ3v) is 5.55. The van der Waals surface area contributed by atoms with Crippen molar-refractivity contribution >= 4 is 21.6 Å². The standard InChI is InChI=1S/C16H18ClNO2S/c1-12-4-9-16(13(2)10-12)21(19,20)18(3)11-14-5-7-15(17)8-6-14/h4-10H,11H2,1-3H3. The van der Waals surface area contributed by atoms with Gasteiger partial charge in [-0.3, -0.25) is 0 Å². The maximum absolute atomic E-state index is 12.6. The molecule has 0 aliphatic heterocycles. The number of halogens is 1. The van der Waals surface area contributed by atoms with Crippen molar-refractivity contribution in [1.29, 1.82) is 0 Å². The molecule has 0 heterocycles. The van der Waals surface area contributed by atoms with Gasteiger partial charge >= 0.3 is 0 Å². The van der Waals surface area contributed by atoms with Crippen LogP contribution < -0.4 is 0 Å². The summed E-state index contributed by atoms with van der Waals surface area (Å²) in [5, 5.41) is 0.638. The topological polar surface area (TPSA) is 37.4 Å². The van der Waals surface area contributed by atoms with Crippen LogP contribution in [0.25, 0.3) is 0 Å². The molecule has 0 N–H and O–H groups in total. The van der Waals surface area contributed by atoms with Gasteiger partial charge in [0.2, 0.25) is 10.0 Å². The molecule has 2 aromatic rings. The van der Waals surface area contributed by atoms with Crippen molar-refractivity contribution in [2.75, 3.05) is 7.05 Å². The fourth-order valence-electron chi connectivity index (χ4n) is 2.19. The SMILES string of the molecule is Cc1ccc(S(=O)(=O)N(C)Cc2ccc(Cl)cc2)c(C)c1. The second kappa shape index (κ2) is 6.18. The number of sulfonamides is 1. The van der Waals surface area contributed by atoms with E-state index in [0.29, 0.717) is 16.5 Å². The van der Waals surface area contributed by atoms with Gasteiger partial charge < -0.3 is 0 Å². The van der Waals surface area contributed by atoms with Crippen LogP contribution in [0.1, 0.15) is 16.7 Å². The molecule has 112 valence electrons. The van der Waals surface area contributed by atoms with E-state index in [2.05, 4.69) is 0 Å². The fourth-order valence-corrected chi connectivity index (χ4v) is 3.68. The van der Waals surface area contributed by atoms with Gasteiger partial charge in [0.15, 0.2) is 0 Å². The lowest BCUT2D eigenvalue weighted by atomic mass is 10.2. The van der Waals surface area contributed by atoms with Gasteiger partial charge in [0.1, 0.15) is 0 Å². The van der Waals surface area contributed by atoms with E-state index in [1.165, 1.54) is 4.31 Å². The highest BCUT2D eigenvalue weighted by Crippen LogP contribution is 2.21. The third-order valence-electron chi connectivity index (χ3n) is 3.34. The highest BCUT2D eigenvalue weighted by Gasteiger charge is 2.22. The summed E-state index contributed by atoms with van der Waals surface area (Å²) in [6.07, 6.45) is 0. The Hall–Kier alpha value is -1.36. The van der Waals surface area contributed by atoms with Crippen molar-refractivity contribution in [3.63, 3.8) is 0 Å². The Balaban J connectivity index is 2.28. The first kappa shape index (κ1) is 16.0. The lowest BCUT2D eigenvalue weighted by Crippen LogP contribution is -2.27. The summed E-state index contributed by atoms with van der Waals surface area (Å²) in [4.78, 5) is 0.351. The van der Waals surface area contributed by atoms with Crippen LogP contribution in [0.3, 0.4) is 0 Å².